The molecule has 2 aromatic carbocycles. The summed E-state index contributed by atoms with van der Waals surface area (Å²) in [4.78, 5) is 15.4. The molecule has 1 aromatic heterocycles. The molecule has 2 heterocycles. The Hall–Kier alpha value is -2.91. The molecular weight excluding hydrogens is 417 g/mol. The highest BCUT2D eigenvalue weighted by atomic mass is 32.2. The molecule has 1 saturated heterocycles. The van der Waals surface area contributed by atoms with E-state index in [0.29, 0.717) is 30.6 Å². The predicted molar refractivity (Wildman–Crippen MR) is 119 cm³/mol. The van der Waals surface area contributed by atoms with Gasteiger partial charge in [-0.25, -0.2) is 4.39 Å². The number of rotatable bonds is 7. The lowest BCUT2D eigenvalue weighted by Gasteiger charge is -2.27. The Morgan fingerprint density at radius 3 is 2.52 bits per heavy atom. The summed E-state index contributed by atoms with van der Waals surface area (Å²) in [6.07, 6.45) is 0. The Morgan fingerprint density at radius 1 is 1.13 bits per heavy atom. The van der Waals surface area contributed by atoms with Gasteiger partial charge in [0.1, 0.15) is 11.1 Å². The van der Waals surface area contributed by atoms with Gasteiger partial charge in [0.2, 0.25) is 11.9 Å². The molecule has 1 fully saturated rings. The Bertz CT molecular complexity index is 1010. The molecule has 4 rings (SSSR count). The van der Waals surface area contributed by atoms with E-state index in [1.54, 1.807) is 12.1 Å². The van der Waals surface area contributed by atoms with Crippen LogP contribution in [0.2, 0.25) is 0 Å². The molecule has 31 heavy (non-hydrogen) atoms. The maximum absolute atomic E-state index is 13.2. The van der Waals surface area contributed by atoms with Gasteiger partial charge in [-0.1, -0.05) is 42.1 Å². The third-order valence-electron chi connectivity index (χ3n) is 4.98. The summed E-state index contributed by atoms with van der Waals surface area (Å²) in [6, 6.07) is 15.3. The second-order valence-electron chi connectivity index (χ2n) is 7.03. The lowest BCUT2D eigenvalue weighted by molar-refractivity contribution is -0.115. The van der Waals surface area contributed by atoms with Crippen LogP contribution < -0.4 is 10.2 Å². The monoisotopic (exact) mass is 441 g/mol. The summed E-state index contributed by atoms with van der Waals surface area (Å²) in [6.45, 7) is 5.56. The zero-order chi connectivity index (χ0) is 21.6. The van der Waals surface area contributed by atoms with Crippen LogP contribution in [0.15, 0.2) is 59.8 Å². The van der Waals surface area contributed by atoms with Crippen molar-refractivity contribution in [3.8, 4) is 0 Å². The highest BCUT2D eigenvalue weighted by molar-refractivity contribution is 8.00. The Morgan fingerprint density at radius 2 is 1.84 bits per heavy atom. The third-order valence-corrected chi connectivity index (χ3v) is 6.22. The van der Waals surface area contributed by atoms with Crippen molar-refractivity contribution in [2.75, 3.05) is 36.5 Å². The highest BCUT2D eigenvalue weighted by Gasteiger charge is 2.27. The molecule has 1 unspecified atom stereocenters. The lowest BCUT2D eigenvalue weighted by atomic mass is 10.1. The molecule has 1 aliphatic rings. The first-order valence-corrected chi connectivity index (χ1v) is 11.1. The summed E-state index contributed by atoms with van der Waals surface area (Å²) in [5, 5.41) is 11.8. The first-order valence-electron chi connectivity index (χ1n) is 10.2. The van der Waals surface area contributed by atoms with Crippen molar-refractivity contribution >= 4 is 29.3 Å². The van der Waals surface area contributed by atoms with Crippen LogP contribution in [0.25, 0.3) is 0 Å². The van der Waals surface area contributed by atoms with E-state index >= 15 is 0 Å². The number of halogens is 1. The average molecular weight is 442 g/mol. The van der Waals surface area contributed by atoms with Crippen LogP contribution in [0.3, 0.4) is 0 Å². The van der Waals surface area contributed by atoms with E-state index in [-0.39, 0.29) is 11.7 Å². The molecule has 162 valence electrons. The second-order valence-corrected chi connectivity index (χ2v) is 8.10. The quantitative estimate of drug-likeness (QED) is 0.563. The van der Waals surface area contributed by atoms with Crippen molar-refractivity contribution < 1.29 is 13.9 Å². The number of ether oxygens (including phenoxy) is 1. The van der Waals surface area contributed by atoms with Crippen molar-refractivity contribution in [2.24, 2.45) is 0 Å². The Kier molecular flexibility index (Phi) is 6.83. The molecule has 1 aliphatic heterocycles. The first kappa shape index (κ1) is 21.3. The van der Waals surface area contributed by atoms with Crippen molar-refractivity contribution in [1.82, 2.24) is 14.8 Å². The van der Waals surface area contributed by atoms with Crippen LogP contribution in [0.4, 0.5) is 16.0 Å². The maximum atomic E-state index is 13.2. The van der Waals surface area contributed by atoms with Gasteiger partial charge in [-0.3, -0.25) is 9.36 Å². The summed E-state index contributed by atoms with van der Waals surface area (Å²) >= 11 is 1.35. The Balaban J connectivity index is 1.60. The van der Waals surface area contributed by atoms with Crippen LogP contribution in [-0.4, -0.2) is 47.0 Å². The number of hydrogen-bond donors (Lipinski definition) is 1. The number of anilines is 2. The molecule has 0 aliphatic carbocycles. The van der Waals surface area contributed by atoms with Gasteiger partial charge in [-0.2, -0.15) is 0 Å². The zero-order valence-electron chi connectivity index (χ0n) is 17.2. The first-order chi connectivity index (χ1) is 15.2. The van der Waals surface area contributed by atoms with Gasteiger partial charge in [0, 0.05) is 25.3 Å². The number of carbonyl (C=O) groups excluding carboxylic acids is 1. The Labute approximate surface area is 184 Å². The minimum atomic E-state index is -0.543. The van der Waals surface area contributed by atoms with E-state index in [0.717, 1.165) is 24.6 Å². The largest absolute Gasteiger partial charge is 0.378 e. The number of aromatic nitrogens is 3. The predicted octanol–water partition coefficient (Wildman–Crippen LogP) is 3.75. The van der Waals surface area contributed by atoms with Crippen LogP contribution in [-0.2, 0) is 16.1 Å². The third kappa shape index (κ3) is 5.05. The number of carbonyl (C=O) groups is 1. The number of benzene rings is 2. The average Bonchev–Trinajstić information content (AvgIpc) is 3.22. The number of amides is 1. The molecule has 9 heteroatoms. The van der Waals surface area contributed by atoms with E-state index in [4.69, 9.17) is 4.74 Å². The van der Waals surface area contributed by atoms with Gasteiger partial charge in [-0.05, 0) is 36.8 Å². The van der Waals surface area contributed by atoms with E-state index < -0.39 is 5.25 Å². The normalized spacial score (nSPS) is 15.0. The summed E-state index contributed by atoms with van der Waals surface area (Å²) in [5.74, 6) is 0.235. The van der Waals surface area contributed by atoms with E-state index in [2.05, 4.69) is 20.4 Å². The summed E-state index contributed by atoms with van der Waals surface area (Å²) in [5.41, 5.74) is 1.39. The number of morpholine rings is 1. The van der Waals surface area contributed by atoms with E-state index in [1.165, 1.54) is 23.9 Å². The van der Waals surface area contributed by atoms with Gasteiger partial charge in [0.25, 0.3) is 0 Å². The minimum Gasteiger partial charge on any atom is -0.378 e. The van der Waals surface area contributed by atoms with Crippen molar-refractivity contribution in [2.45, 2.75) is 23.9 Å². The lowest BCUT2D eigenvalue weighted by Crippen LogP contribution is -2.38. The van der Waals surface area contributed by atoms with Gasteiger partial charge in [0.15, 0.2) is 5.16 Å². The number of nitrogens with zero attached hydrogens (tertiary/aromatic N) is 4. The van der Waals surface area contributed by atoms with Crippen molar-refractivity contribution in [3.63, 3.8) is 0 Å². The highest BCUT2D eigenvalue weighted by Crippen LogP contribution is 2.36. The maximum Gasteiger partial charge on any atom is 0.242 e. The van der Waals surface area contributed by atoms with E-state index in [1.807, 2.05) is 41.8 Å². The van der Waals surface area contributed by atoms with Crippen molar-refractivity contribution in [1.29, 1.82) is 0 Å². The fraction of sp³-hybridized carbons (Fsp3) is 0.318. The topological polar surface area (TPSA) is 72.3 Å². The molecule has 3 aromatic rings. The molecular formula is C22H24FN5O2S. The molecule has 1 N–H and O–H groups in total. The SMILES string of the molecule is CCn1c(SC(C(=O)Nc2ccc(F)cc2)c2ccccc2)nnc1N1CCOCC1. The molecule has 0 bridgehead atoms. The van der Waals surface area contributed by atoms with Crippen molar-refractivity contribution in [3.05, 3.63) is 66.0 Å². The van der Waals surface area contributed by atoms with Gasteiger partial charge in [0.05, 0.1) is 13.2 Å². The van der Waals surface area contributed by atoms with Crippen LogP contribution in [0, 0.1) is 5.82 Å². The van der Waals surface area contributed by atoms with Crippen LogP contribution >= 0.6 is 11.8 Å². The second kappa shape index (κ2) is 9.93. The van der Waals surface area contributed by atoms with Gasteiger partial charge >= 0.3 is 0 Å². The van der Waals surface area contributed by atoms with Crippen LogP contribution in [0.5, 0.6) is 0 Å². The zero-order valence-corrected chi connectivity index (χ0v) is 18.0. The summed E-state index contributed by atoms with van der Waals surface area (Å²) < 4.78 is 20.7. The smallest absolute Gasteiger partial charge is 0.242 e. The molecule has 1 amide bonds. The fourth-order valence-corrected chi connectivity index (χ4v) is 4.49. The minimum absolute atomic E-state index is 0.207. The number of thioether (sulfide) groups is 1. The standard InChI is InChI=1S/C22H24FN5O2S/c1-2-28-21(27-12-14-30-15-13-27)25-26-22(28)31-19(16-6-4-3-5-7-16)20(29)24-18-10-8-17(23)9-11-18/h3-11,19H,2,12-15H2,1H3,(H,24,29). The summed E-state index contributed by atoms with van der Waals surface area (Å²) in [7, 11) is 0. The van der Waals surface area contributed by atoms with Crippen LogP contribution in [0.1, 0.15) is 17.7 Å². The molecule has 0 saturated carbocycles. The number of nitrogens with one attached hydrogen (secondary N) is 1. The number of hydrogen-bond acceptors (Lipinski definition) is 6. The molecule has 1 atom stereocenters. The molecule has 7 nitrogen and oxygen atoms in total. The van der Waals surface area contributed by atoms with Gasteiger partial charge < -0.3 is 15.0 Å². The molecule has 0 spiro atoms. The fourth-order valence-electron chi connectivity index (χ4n) is 3.39. The van der Waals surface area contributed by atoms with Gasteiger partial charge in [-0.15, -0.1) is 10.2 Å². The molecule has 0 radical (unpaired) electrons. The van der Waals surface area contributed by atoms with E-state index in [9.17, 15) is 9.18 Å².